The van der Waals surface area contributed by atoms with Gasteiger partial charge >= 0.3 is 0 Å². The molecule has 2 heteroatoms. The van der Waals surface area contributed by atoms with Gasteiger partial charge in [-0.25, -0.2) is 0 Å². The first-order valence-corrected chi connectivity index (χ1v) is 2.58. The van der Waals surface area contributed by atoms with Gasteiger partial charge in [0.15, 0.2) is 0 Å². The summed E-state index contributed by atoms with van der Waals surface area (Å²) in [5.74, 6) is 0. The van der Waals surface area contributed by atoms with Crippen LogP contribution in [-0.4, -0.2) is 10.8 Å². The molecule has 0 fully saturated rings. The van der Waals surface area contributed by atoms with E-state index >= 15 is 0 Å². The van der Waals surface area contributed by atoms with Crippen LogP contribution in [0.2, 0.25) is 0 Å². The smallest absolute Gasteiger partial charge is 0.129 e. The molecule has 0 aromatic carbocycles. The van der Waals surface area contributed by atoms with Gasteiger partial charge in [-0.05, 0) is 20.8 Å². The van der Waals surface area contributed by atoms with E-state index in [2.05, 4.69) is 11.9 Å². The second kappa shape index (κ2) is 2.18. The maximum Gasteiger partial charge on any atom is 0.129 e. The zero-order valence-corrected chi connectivity index (χ0v) is 5.65. The number of hydrogen-bond acceptors (Lipinski definition) is 2. The summed E-state index contributed by atoms with van der Waals surface area (Å²) in [5.41, 5.74) is -0.0521. The summed E-state index contributed by atoms with van der Waals surface area (Å²) in [4.78, 5) is 0. The van der Waals surface area contributed by atoms with Gasteiger partial charge in [0, 0.05) is 5.70 Å². The first-order valence-electron chi connectivity index (χ1n) is 2.58. The molecular formula is C6H13NO. The van der Waals surface area contributed by atoms with Gasteiger partial charge < -0.3 is 10.4 Å². The van der Waals surface area contributed by atoms with Gasteiger partial charge in [-0.3, -0.25) is 0 Å². The largest absolute Gasteiger partial charge is 0.372 e. The monoisotopic (exact) mass is 115 g/mol. The van der Waals surface area contributed by atoms with Crippen molar-refractivity contribution in [3.8, 4) is 0 Å². The Morgan fingerprint density at radius 1 is 1.62 bits per heavy atom. The third kappa shape index (κ3) is 5.50. The van der Waals surface area contributed by atoms with Crippen molar-refractivity contribution in [2.75, 3.05) is 0 Å². The third-order valence-corrected chi connectivity index (χ3v) is 0.519. The summed E-state index contributed by atoms with van der Waals surface area (Å²) in [7, 11) is 0. The van der Waals surface area contributed by atoms with E-state index in [-0.39, 0.29) is 0 Å². The predicted octanol–water partition coefficient (Wildman–Crippen LogP) is 0.838. The second-order valence-corrected chi connectivity index (χ2v) is 2.46. The highest BCUT2D eigenvalue weighted by atomic mass is 16.3. The van der Waals surface area contributed by atoms with Gasteiger partial charge in [-0.15, -0.1) is 0 Å². The topological polar surface area (TPSA) is 32.3 Å². The molecule has 48 valence electrons. The molecule has 8 heavy (non-hydrogen) atoms. The minimum absolute atomic E-state index is 0.775. The Labute approximate surface area is 50.2 Å². The van der Waals surface area contributed by atoms with Crippen LogP contribution in [0.15, 0.2) is 12.3 Å². The minimum atomic E-state index is -0.828. The molecule has 0 aromatic heterocycles. The average Bonchev–Trinajstić information content (AvgIpc) is 1.21. The van der Waals surface area contributed by atoms with Gasteiger partial charge in [-0.2, -0.15) is 0 Å². The number of nitrogens with one attached hydrogen (secondary N) is 1. The lowest BCUT2D eigenvalue weighted by molar-refractivity contribution is 0.0548. The number of allylic oxidation sites excluding steroid dienone is 1. The standard InChI is InChI=1S/C6H13NO/c1-5(2)7-6(3,4)8/h7-8H,1H2,2-4H3. The molecule has 2 N–H and O–H groups in total. The molecule has 0 saturated carbocycles. The van der Waals surface area contributed by atoms with Crippen LogP contribution >= 0.6 is 0 Å². The summed E-state index contributed by atoms with van der Waals surface area (Å²) in [6.07, 6.45) is 0. The van der Waals surface area contributed by atoms with Crippen LogP contribution in [0.1, 0.15) is 20.8 Å². The van der Waals surface area contributed by atoms with Crippen molar-refractivity contribution < 1.29 is 5.11 Å². The Balaban J connectivity index is 3.55. The van der Waals surface area contributed by atoms with Crippen molar-refractivity contribution in [2.24, 2.45) is 0 Å². The molecule has 0 heterocycles. The van der Waals surface area contributed by atoms with Crippen molar-refractivity contribution in [2.45, 2.75) is 26.5 Å². The summed E-state index contributed by atoms with van der Waals surface area (Å²) < 4.78 is 0. The van der Waals surface area contributed by atoms with Crippen LogP contribution in [0, 0.1) is 0 Å². The van der Waals surface area contributed by atoms with E-state index in [1.54, 1.807) is 20.8 Å². The van der Waals surface area contributed by atoms with E-state index in [1.807, 2.05) is 0 Å². The maximum atomic E-state index is 9.02. The molecule has 2 nitrogen and oxygen atoms in total. The number of rotatable bonds is 2. The van der Waals surface area contributed by atoms with Crippen molar-refractivity contribution in [1.82, 2.24) is 5.32 Å². The van der Waals surface area contributed by atoms with Crippen LogP contribution in [0.4, 0.5) is 0 Å². The molecule has 0 rings (SSSR count). The number of aliphatic hydroxyl groups is 1. The minimum Gasteiger partial charge on any atom is -0.372 e. The Hall–Kier alpha value is -0.500. The van der Waals surface area contributed by atoms with Crippen LogP contribution < -0.4 is 5.32 Å². The molecule has 0 amide bonds. The van der Waals surface area contributed by atoms with Gasteiger partial charge in [0.2, 0.25) is 0 Å². The van der Waals surface area contributed by atoms with E-state index in [0.717, 1.165) is 5.70 Å². The lowest BCUT2D eigenvalue weighted by atomic mass is 10.3. The lowest BCUT2D eigenvalue weighted by Crippen LogP contribution is -2.36. The van der Waals surface area contributed by atoms with Gasteiger partial charge in [0.1, 0.15) is 5.72 Å². The molecule has 0 aliphatic heterocycles. The van der Waals surface area contributed by atoms with E-state index in [1.165, 1.54) is 0 Å². The molecule has 0 saturated heterocycles. The van der Waals surface area contributed by atoms with E-state index in [4.69, 9.17) is 5.11 Å². The number of hydrogen-bond donors (Lipinski definition) is 2. The van der Waals surface area contributed by atoms with Crippen molar-refractivity contribution in [3.05, 3.63) is 12.3 Å². The van der Waals surface area contributed by atoms with Crippen LogP contribution in [0.25, 0.3) is 0 Å². The first kappa shape index (κ1) is 7.50. The van der Waals surface area contributed by atoms with Crippen LogP contribution in [0.5, 0.6) is 0 Å². The van der Waals surface area contributed by atoms with Gasteiger partial charge in [-0.1, -0.05) is 6.58 Å². The lowest BCUT2D eigenvalue weighted by Gasteiger charge is -2.19. The fraction of sp³-hybridized carbons (Fsp3) is 0.667. The highest BCUT2D eigenvalue weighted by molar-refractivity contribution is 4.88. The normalized spacial score (nSPS) is 11.0. The maximum absolute atomic E-state index is 9.02. The molecule has 0 aliphatic rings. The van der Waals surface area contributed by atoms with Gasteiger partial charge in [0.05, 0.1) is 0 Å². The summed E-state index contributed by atoms with van der Waals surface area (Å²) in [6, 6.07) is 0. The van der Waals surface area contributed by atoms with Crippen LogP contribution in [-0.2, 0) is 0 Å². The Kier molecular flexibility index (Phi) is 2.04. The van der Waals surface area contributed by atoms with E-state index in [9.17, 15) is 0 Å². The fourth-order valence-corrected chi connectivity index (χ4v) is 0.522. The average molecular weight is 115 g/mol. The van der Waals surface area contributed by atoms with E-state index < -0.39 is 5.72 Å². The molecule has 0 radical (unpaired) electrons. The zero-order chi connectivity index (χ0) is 6.78. The van der Waals surface area contributed by atoms with Crippen molar-refractivity contribution >= 4 is 0 Å². The first-order chi connectivity index (χ1) is 3.42. The van der Waals surface area contributed by atoms with Crippen LogP contribution in [0.3, 0.4) is 0 Å². The molecule has 0 aliphatic carbocycles. The highest BCUT2D eigenvalue weighted by Crippen LogP contribution is 1.96. The highest BCUT2D eigenvalue weighted by Gasteiger charge is 2.08. The summed E-state index contributed by atoms with van der Waals surface area (Å²) in [6.45, 7) is 8.71. The molecular weight excluding hydrogens is 102 g/mol. The Morgan fingerprint density at radius 2 is 2.00 bits per heavy atom. The molecule has 0 spiro atoms. The molecule has 0 bridgehead atoms. The quantitative estimate of drug-likeness (QED) is 0.523. The predicted molar refractivity (Wildman–Crippen MR) is 34.2 cm³/mol. The Morgan fingerprint density at radius 3 is 2.00 bits per heavy atom. The van der Waals surface area contributed by atoms with Crippen molar-refractivity contribution in [3.63, 3.8) is 0 Å². The molecule has 0 aromatic rings. The SMILES string of the molecule is C=C(C)NC(C)(C)O. The molecule has 0 atom stereocenters. The van der Waals surface area contributed by atoms with E-state index in [0.29, 0.717) is 0 Å². The third-order valence-electron chi connectivity index (χ3n) is 0.519. The Bertz CT molecular complexity index is 91.2. The fourth-order valence-electron chi connectivity index (χ4n) is 0.522. The second-order valence-electron chi connectivity index (χ2n) is 2.46. The summed E-state index contributed by atoms with van der Waals surface area (Å²) in [5, 5.41) is 11.8. The molecule has 0 unspecified atom stereocenters. The van der Waals surface area contributed by atoms with Gasteiger partial charge in [0.25, 0.3) is 0 Å². The van der Waals surface area contributed by atoms with Crippen molar-refractivity contribution in [1.29, 1.82) is 0 Å². The zero-order valence-electron chi connectivity index (χ0n) is 5.65. The summed E-state index contributed by atoms with van der Waals surface area (Å²) >= 11 is 0.